The number of ether oxygens (including phenoxy) is 1. The van der Waals surface area contributed by atoms with E-state index in [1.54, 1.807) is 18.2 Å². The van der Waals surface area contributed by atoms with E-state index in [-0.39, 0.29) is 23.7 Å². The fourth-order valence-corrected chi connectivity index (χ4v) is 2.24. The van der Waals surface area contributed by atoms with Crippen LogP contribution in [0.3, 0.4) is 0 Å². The summed E-state index contributed by atoms with van der Waals surface area (Å²) in [7, 11) is 0. The summed E-state index contributed by atoms with van der Waals surface area (Å²) in [6.07, 6.45) is 0. The molecule has 2 aromatic rings. The number of carboxylic acids is 1. The third kappa shape index (κ3) is 3.47. The number of benzene rings is 2. The molecule has 0 saturated carbocycles. The number of rotatable bonds is 4. The van der Waals surface area contributed by atoms with Crippen LogP contribution in [0, 0.1) is 16.3 Å². The second-order valence-electron chi connectivity index (χ2n) is 4.31. The molecular formula is C15H12FIO3. The molecular weight excluding hydrogens is 374 g/mol. The molecule has 2 rings (SSSR count). The van der Waals surface area contributed by atoms with Crippen LogP contribution in [0.4, 0.5) is 4.39 Å². The average molecular weight is 386 g/mol. The van der Waals surface area contributed by atoms with E-state index in [0.29, 0.717) is 5.56 Å². The molecule has 0 unspecified atom stereocenters. The van der Waals surface area contributed by atoms with Crippen LogP contribution in [0.1, 0.15) is 21.5 Å². The van der Waals surface area contributed by atoms with Crippen LogP contribution in [0.5, 0.6) is 5.75 Å². The Balaban J connectivity index is 2.23. The van der Waals surface area contributed by atoms with Crippen molar-refractivity contribution in [2.45, 2.75) is 13.5 Å². The Hall–Kier alpha value is -1.63. The summed E-state index contributed by atoms with van der Waals surface area (Å²) in [4.78, 5) is 11.2. The first-order valence-electron chi connectivity index (χ1n) is 5.88. The van der Waals surface area contributed by atoms with Crippen molar-refractivity contribution in [3.63, 3.8) is 0 Å². The third-order valence-electron chi connectivity index (χ3n) is 2.87. The van der Waals surface area contributed by atoms with Crippen molar-refractivity contribution in [1.29, 1.82) is 0 Å². The maximum atomic E-state index is 13.2. The minimum Gasteiger partial charge on any atom is -0.488 e. The van der Waals surface area contributed by atoms with Crippen LogP contribution in [-0.4, -0.2) is 11.1 Å². The van der Waals surface area contributed by atoms with Crippen LogP contribution < -0.4 is 4.74 Å². The number of hydrogen-bond acceptors (Lipinski definition) is 2. The van der Waals surface area contributed by atoms with Gasteiger partial charge in [0.05, 0.1) is 0 Å². The molecule has 1 N–H and O–H groups in total. The topological polar surface area (TPSA) is 46.5 Å². The molecule has 0 saturated heterocycles. The zero-order valence-electron chi connectivity index (χ0n) is 10.7. The Morgan fingerprint density at radius 2 is 2.05 bits per heavy atom. The van der Waals surface area contributed by atoms with Gasteiger partial charge in [-0.3, -0.25) is 0 Å². The van der Waals surface area contributed by atoms with Gasteiger partial charge in [0, 0.05) is 3.57 Å². The predicted molar refractivity (Wildman–Crippen MR) is 81.6 cm³/mol. The minimum atomic E-state index is -1.05. The molecule has 20 heavy (non-hydrogen) atoms. The molecule has 0 aliphatic heterocycles. The maximum Gasteiger partial charge on any atom is 0.339 e. The molecule has 2 aromatic carbocycles. The summed E-state index contributed by atoms with van der Waals surface area (Å²) in [5.74, 6) is -1.11. The number of halogens is 2. The molecule has 5 heteroatoms. The van der Waals surface area contributed by atoms with E-state index in [1.165, 1.54) is 18.2 Å². The quantitative estimate of drug-likeness (QED) is 0.808. The lowest BCUT2D eigenvalue weighted by Crippen LogP contribution is -2.05. The highest BCUT2D eigenvalue weighted by atomic mass is 127. The molecule has 0 aromatic heterocycles. The summed E-state index contributed by atoms with van der Waals surface area (Å²) >= 11 is 2.04. The normalized spacial score (nSPS) is 10.3. The van der Waals surface area contributed by atoms with Crippen molar-refractivity contribution in [3.8, 4) is 5.75 Å². The van der Waals surface area contributed by atoms with E-state index < -0.39 is 5.97 Å². The molecule has 0 atom stereocenters. The first kappa shape index (κ1) is 14.8. The average Bonchev–Trinajstić information content (AvgIpc) is 2.40. The highest BCUT2D eigenvalue weighted by Crippen LogP contribution is 2.23. The molecule has 3 nitrogen and oxygen atoms in total. The first-order chi connectivity index (χ1) is 9.47. The molecule has 0 aliphatic carbocycles. The van der Waals surface area contributed by atoms with Crippen molar-refractivity contribution >= 4 is 28.6 Å². The van der Waals surface area contributed by atoms with E-state index >= 15 is 0 Å². The molecule has 0 aliphatic rings. The van der Waals surface area contributed by atoms with Crippen LogP contribution >= 0.6 is 22.6 Å². The molecule has 0 radical (unpaired) electrons. The first-order valence-corrected chi connectivity index (χ1v) is 6.96. The highest BCUT2D eigenvalue weighted by molar-refractivity contribution is 14.1. The molecule has 104 valence electrons. The SMILES string of the molecule is Cc1ccc(F)cc1COc1ccc(I)cc1C(=O)O. The van der Waals surface area contributed by atoms with E-state index in [0.717, 1.165) is 9.13 Å². The van der Waals surface area contributed by atoms with Gasteiger partial charge in [-0.2, -0.15) is 0 Å². The zero-order valence-corrected chi connectivity index (χ0v) is 12.8. The van der Waals surface area contributed by atoms with Gasteiger partial charge in [0.25, 0.3) is 0 Å². The summed E-state index contributed by atoms with van der Waals surface area (Å²) in [6.45, 7) is 1.98. The monoisotopic (exact) mass is 386 g/mol. The van der Waals surface area contributed by atoms with E-state index in [2.05, 4.69) is 0 Å². The van der Waals surface area contributed by atoms with Gasteiger partial charge in [-0.05, 0) is 71.0 Å². The largest absolute Gasteiger partial charge is 0.488 e. The van der Waals surface area contributed by atoms with Crippen molar-refractivity contribution < 1.29 is 19.0 Å². The Labute approximate surface area is 129 Å². The Kier molecular flexibility index (Phi) is 4.59. The molecule has 0 bridgehead atoms. The molecule has 0 heterocycles. The van der Waals surface area contributed by atoms with Crippen LogP contribution in [0.15, 0.2) is 36.4 Å². The van der Waals surface area contributed by atoms with E-state index in [4.69, 9.17) is 9.84 Å². The second-order valence-corrected chi connectivity index (χ2v) is 5.55. The molecule has 0 spiro atoms. The van der Waals surface area contributed by atoms with Gasteiger partial charge in [-0.25, -0.2) is 9.18 Å². The van der Waals surface area contributed by atoms with Crippen LogP contribution in [-0.2, 0) is 6.61 Å². The smallest absolute Gasteiger partial charge is 0.339 e. The molecule has 0 fully saturated rings. The number of aryl methyl sites for hydroxylation is 1. The fourth-order valence-electron chi connectivity index (χ4n) is 1.75. The second kappa shape index (κ2) is 6.21. The maximum absolute atomic E-state index is 13.2. The highest BCUT2D eigenvalue weighted by Gasteiger charge is 2.12. The van der Waals surface area contributed by atoms with E-state index in [1.807, 2.05) is 29.5 Å². The summed E-state index contributed by atoms with van der Waals surface area (Å²) < 4.78 is 19.5. The van der Waals surface area contributed by atoms with Crippen molar-refractivity contribution in [2.24, 2.45) is 0 Å². The van der Waals surface area contributed by atoms with Gasteiger partial charge in [0.1, 0.15) is 23.7 Å². The van der Waals surface area contributed by atoms with Crippen LogP contribution in [0.25, 0.3) is 0 Å². The van der Waals surface area contributed by atoms with Crippen molar-refractivity contribution in [1.82, 2.24) is 0 Å². The Morgan fingerprint density at radius 1 is 1.30 bits per heavy atom. The van der Waals surface area contributed by atoms with Gasteiger partial charge >= 0.3 is 5.97 Å². The van der Waals surface area contributed by atoms with E-state index in [9.17, 15) is 9.18 Å². The lowest BCUT2D eigenvalue weighted by molar-refractivity contribution is 0.0691. The molecule has 0 amide bonds. The lowest BCUT2D eigenvalue weighted by atomic mass is 10.1. The fraction of sp³-hybridized carbons (Fsp3) is 0.133. The lowest BCUT2D eigenvalue weighted by Gasteiger charge is -2.11. The van der Waals surface area contributed by atoms with Gasteiger partial charge < -0.3 is 9.84 Å². The van der Waals surface area contributed by atoms with Crippen molar-refractivity contribution in [3.05, 3.63) is 62.5 Å². The van der Waals surface area contributed by atoms with Gasteiger partial charge in [0.15, 0.2) is 0 Å². The number of aromatic carboxylic acids is 1. The number of carboxylic acid groups (broad SMARTS) is 1. The third-order valence-corrected chi connectivity index (χ3v) is 3.54. The summed E-state index contributed by atoms with van der Waals surface area (Å²) in [5.41, 5.74) is 1.69. The Morgan fingerprint density at radius 3 is 2.75 bits per heavy atom. The van der Waals surface area contributed by atoms with Gasteiger partial charge in [0.2, 0.25) is 0 Å². The van der Waals surface area contributed by atoms with Crippen LogP contribution in [0.2, 0.25) is 0 Å². The number of carbonyl (C=O) groups is 1. The number of hydrogen-bond donors (Lipinski definition) is 1. The van der Waals surface area contributed by atoms with Crippen molar-refractivity contribution in [2.75, 3.05) is 0 Å². The van der Waals surface area contributed by atoms with Gasteiger partial charge in [-0.1, -0.05) is 6.07 Å². The summed E-state index contributed by atoms with van der Waals surface area (Å²) in [5, 5.41) is 9.14. The predicted octanol–water partition coefficient (Wildman–Crippen LogP) is 4.02. The minimum absolute atomic E-state index is 0.103. The Bertz CT molecular complexity index is 656. The zero-order chi connectivity index (χ0) is 14.7. The van der Waals surface area contributed by atoms with Gasteiger partial charge in [-0.15, -0.1) is 0 Å². The summed E-state index contributed by atoms with van der Waals surface area (Å²) in [6, 6.07) is 9.35. The standard InChI is InChI=1S/C15H12FIO3/c1-9-2-3-11(16)6-10(9)8-20-14-5-4-12(17)7-13(14)15(18)19/h2-7H,8H2,1H3,(H,18,19).